The fourth-order valence-electron chi connectivity index (χ4n) is 1.26. The Hall–Kier alpha value is -1.10. The molecule has 2 aromatic carbocycles. The van der Waals surface area contributed by atoms with Gasteiger partial charge in [0, 0.05) is 0 Å². The maximum Gasteiger partial charge on any atom is 0.271 e. The van der Waals surface area contributed by atoms with Gasteiger partial charge in [-0.3, -0.25) is 21.1 Å². The van der Waals surface area contributed by atoms with E-state index in [0.29, 0.717) is 0 Å². The van der Waals surface area contributed by atoms with Crippen LogP contribution in [0.2, 0.25) is 0 Å². The lowest BCUT2D eigenvalue weighted by Gasteiger charge is -1.98. The zero-order valence-electron chi connectivity index (χ0n) is 9.86. The summed E-state index contributed by atoms with van der Waals surface area (Å²) in [4.78, 5) is 0. The van der Waals surface area contributed by atoms with Crippen LogP contribution in [0, 0.1) is 0 Å². The Kier molecular flexibility index (Phi) is 7.59. The highest BCUT2D eigenvalue weighted by molar-refractivity contribution is 7.59. The molecule has 0 spiro atoms. The highest BCUT2D eigenvalue weighted by Gasteiger charge is 1.91. The van der Waals surface area contributed by atoms with Crippen LogP contribution >= 0.6 is 21.1 Å². The molecule has 0 aliphatic rings. The van der Waals surface area contributed by atoms with E-state index in [9.17, 15) is 4.57 Å². The Balaban J connectivity index is 0.000000421. The number of benzene rings is 2. The molecule has 6 heteroatoms. The summed E-state index contributed by atoms with van der Waals surface area (Å²) in [6.45, 7) is 0. The molecule has 0 fully saturated rings. The molecule has 6 N–H and O–H groups in total. The lowest BCUT2D eigenvalue weighted by Crippen LogP contribution is -2.12. The van der Waals surface area contributed by atoms with Gasteiger partial charge in [0.25, 0.3) is 7.59 Å². The molecule has 2 rings (SSSR count). The third-order valence-electron chi connectivity index (χ3n) is 1.88. The van der Waals surface area contributed by atoms with E-state index in [-0.39, 0.29) is 13.5 Å². The predicted octanol–water partition coefficient (Wildman–Crippen LogP) is 2.44. The molecule has 0 amide bonds. The Labute approximate surface area is 114 Å². The minimum absolute atomic E-state index is 0. The molecule has 0 bridgehead atoms. The van der Waals surface area contributed by atoms with E-state index in [1.807, 2.05) is 12.1 Å². The van der Waals surface area contributed by atoms with Crippen molar-refractivity contribution in [2.45, 2.75) is 0 Å². The highest BCUT2D eigenvalue weighted by Crippen LogP contribution is 2.17. The quantitative estimate of drug-likeness (QED) is 0.700. The minimum atomic E-state index is -3.14. The topological polar surface area (TPSA) is 95.1 Å². The second kappa shape index (κ2) is 8.08. The smallest absolute Gasteiger partial charge is 0.271 e. The van der Waals surface area contributed by atoms with Gasteiger partial charge in [-0.1, -0.05) is 60.7 Å². The first kappa shape index (κ1) is 16.9. The van der Waals surface area contributed by atoms with Crippen molar-refractivity contribution in [3.8, 4) is 11.1 Å². The van der Waals surface area contributed by atoms with Crippen LogP contribution in [0.15, 0.2) is 60.7 Å². The van der Waals surface area contributed by atoms with Crippen molar-refractivity contribution >= 4 is 21.1 Å². The van der Waals surface area contributed by atoms with Crippen molar-refractivity contribution in [3.63, 3.8) is 0 Å². The zero-order chi connectivity index (χ0) is 12.7. The van der Waals surface area contributed by atoms with Crippen LogP contribution in [-0.4, -0.2) is 0 Å². The van der Waals surface area contributed by atoms with Gasteiger partial charge in [0.05, 0.1) is 0 Å². The normalized spacial score (nSPS) is 9.72. The first-order valence-corrected chi connectivity index (χ1v) is 6.94. The van der Waals surface area contributed by atoms with E-state index in [1.54, 1.807) is 0 Å². The van der Waals surface area contributed by atoms with Gasteiger partial charge in [0.15, 0.2) is 0 Å². The third-order valence-corrected chi connectivity index (χ3v) is 1.88. The summed E-state index contributed by atoms with van der Waals surface area (Å²) >= 11 is 0. The summed E-state index contributed by atoms with van der Waals surface area (Å²) in [6.07, 6.45) is 0. The van der Waals surface area contributed by atoms with E-state index in [4.69, 9.17) is 0 Å². The van der Waals surface area contributed by atoms with Crippen LogP contribution in [0.5, 0.6) is 0 Å². The molecule has 2 aromatic rings. The van der Waals surface area contributed by atoms with Gasteiger partial charge in [0.2, 0.25) is 0 Å². The summed E-state index contributed by atoms with van der Waals surface area (Å²) < 4.78 is 9.55. The molecule has 98 valence electrons. The fraction of sp³-hybridized carbons (Fsp3) is 0. The molecule has 4 nitrogen and oxygen atoms in total. The van der Waals surface area contributed by atoms with E-state index >= 15 is 0 Å². The van der Waals surface area contributed by atoms with Crippen molar-refractivity contribution in [1.82, 2.24) is 0 Å². The molecular formula is C12H18N3OPS. The van der Waals surface area contributed by atoms with Gasteiger partial charge in [0.1, 0.15) is 0 Å². The fourth-order valence-corrected chi connectivity index (χ4v) is 1.26. The second-order valence-electron chi connectivity index (χ2n) is 3.50. The highest BCUT2D eigenvalue weighted by atomic mass is 32.1. The van der Waals surface area contributed by atoms with Gasteiger partial charge >= 0.3 is 0 Å². The van der Waals surface area contributed by atoms with Crippen molar-refractivity contribution in [2.75, 3.05) is 0 Å². The largest absolute Gasteiger partial charge is 0.272 e. The molecule has 0 unspecified atom stereocenters. The molecule has 0 saturated carbocycles. The second-order valence-corrected chi connectivity index (χ2v) is 5.02. The number of hydrogen-bond acceptors (Lipinski definition) is 1. The van der Waals surface area contributed by atoms with Gasteiger partial charge in [-0.15, -0.1) is 0 Å². The van der Waals surface area contributed by atoms with Gasteiger partial charge in [-0.25, -0.2) is 0 Å². The van der Waals surface area contributed by atoms with Crippen LogP contribution in [0.25, 0.3) is 11.1 Å². The van der Waals surface area contributed by atoms with Crippen molar-refractivity contribution in [1.29, 1.82) is 0 Å². The van der Waals surface area contributed by atoms with Crippen LogP contribution in [0.1, 0.15) is 0 Å². The SMILES string of the molecule is NP(N)(N)=O.S.c1ccc(-c2ccccc2)cc1. The predicted molar refractivity (Wildman–Crippen MR) is 82.4 cm³/mol. The maximum absolute atomic E-state index is 9.55. The van der Waals surface area contributed by atoms with E-state index in [2.05, 4.69) is 65.0 Å². The standard InChI is InChI=1S/C12H10.H6N3OP.H2S/c1-3-7-11(8-4-1)12-9-5-2-6-10-12;1-5(2,3)4;/h1-10H;(H6,1,2,3,4);1H2. The summed E-state index contributed by atoms with van der Waals surface area (Å²) in [7, 11) is -3.14. The van der Waals surface area contributed by atoms with Crippen LogP contribution < -0.4 is 16.5 Å². The van der Waals surface area contributed by atoms with Crippen molar-refractivity contribution in [3.05, 3.63) is 60.7 Å². The number of rotatable bonds is 1. The van der Waals surface area contributed by atoms with Gasteiger partial charge in [-0.05, 0) is 11.1 Å². The zero-order valence-corrected chi connectivity index (χ0v) is 11.8. The Morgan fingerprint density at radius 2 is 0.889 bits per heavy atom. The van der Waals surface area contributed by atoms with Gasteiger partial charge in [-0.2, -0.15) is 13.5 Å². The number of hydrogen-bond donors (Lipinski definition) is 3. The van der Waals surface area contributed by atoms with E-state index in [1.165, 1.54) is 11.1 Å². The first-order valence-electron chi connectivity index (χ1n) is 5.03. The van der Waals surface area contributed by atoms with Crippen molar-refractivity contribution < 1.29 is 4.57 Å². The van der Waals surface area contributed by atoms with E-state index < -0.39 is 7.59 Å². The summed E-state index contributed by atoms with van der Waals surface area (Å²) in [5, 5.41) is 0. The molecule has 0 radical (unpaired) electrons. The van der Waals surface area contributed by atoms with Gasteiger partial charge < -0.3 is 0 Å². The lowest BCUT2D eigenvalue weighted by molar-refractivity contribution is 0.577. The third kappa shape index (κ3) is 8.06. The molecule has 0 aromatic heterocycles. The molecule has 0 heterocycles. The number of nitrogens with two attached hydrogens (primary N) is 3. The summed E-state index contributed by atoms with van der Waals surface area (Å²) in [6, 6.07) is 20.8. The lowest BCUT2D eigenvalue weighted by atomic mass is 10.1. The Morgan fingerprint density at radius 3 is 1.11 bits per heavy atom. The first-order chi connectivity index (χ1) is 7.97. The molecular weight excluding hydrogens is 265 g/mol. The monoisotopic (exact) mass is 283 g/mol. The van der Waals surface area contributed by atoms with Crippen molar-refractivity contribution in [2.24, 2.45) is 16.5 Å². The van der Waals surface area contributed by atoms with Crippen LogP contribution in [0.3, 0.4) is 0 Å². The maximum atomic E-state index is 9.55. The molecule has 0 aliphatic carbocycles. The molecule has 18 heavy (non-hydrogen) atoms. The van der Waals surface area contributed by atoms with Crippen LogP contribution in [-0.2, 0) is 4.57 Å². The molecule has 0 aliphatic heterocycles. The Morgan fingerprint density at radius 1 is 0.667 bits per heavy atom. The Bertz CT molecular complexity index is 441. The van der Waals surface area contributed by atoms with E-state index in [0.717, 1.165) is 0 Å². The average Bonchev–Trinajstić information content (AvgIpc) is 2.29. The van der Waals surface area contributed by atoms with Crippen LogP contribution in [0.4, 0.5) is 0 Å². The minimum Gasteiger partial charge on any atom is -0.272 e. The summed E-state index contributed by atoms with van der Waals surface area (Å²) in [5.74, 6) is 0. The molecule has 0 atom stereocenters. The average molecular weight is 283 g/mol. The molecule has 0 saturated heterocycles. The summed E-state index contributed by atoms with van der Waals surface area (Å²) in [5.41, 5.74) is 15.9.